The maximum Gasteiger partial charge on any atom is 0.0702 e. The van der Waals surface area contributed by atoms with Gasteiger partial charge >= 0.3 is 0 Å². The summed E-state index contributed by atoms with van der Waals surface area (Å²) in [6.45, 7) is 0. The number of thiophene rings is 1. The maximum absolute atomic E-state index is 2.51. The van der Waals surface area contributed by atoms with E-state index in [9.17, 15) is 0 Å². The molecule has 6 heteroatoms. The number of nitrogens with zero attached hydrogens (tertiary/aromatic N) is 5. The number of fused-ring (bicyclic) bond motifs is 19. The van der Waals surface area contributed by atoms with Gasteiger partial charge in [0.1, 0.15) is 0 Å². The van der Waals surface area contributed by atoms with Gasteiger partial charge in [-0.2, -0.15) is 0 Å². The molecule has 0 bridgehead atoms. The minimum atomic E-state index is 1.04. The molecule has 2 aliphatic heterocycles. The van der Waals surface area contributed by atoms with Crippen LogP contribution < -0.4 is 19.6 Å². The third-order valence-electron chi connectivity index (χ3n) is 23.8. The Morgan fingerprint density at radius 2 is 0.612 bits per heavy atom. The zero-order valence-corrected chi connectivity index (χ0v) is 64.0. The molecule has 2 aliphatic rings. The predicted octanol–water partition coefficient (Wildman–Crippen LogP) is 31.6. The van der Waals surface area contributed by atoms with Gasteiger partial charge in [0.2, 0.25) is 0 Å². The van der Waals surface area contributed by atoms with Crippen molar-refractivity contribution >= 4 is 143 Å². The molecule has 0 radical (unpaired) electrons. The molecule has 0 spiro atoms. The summed E-state index contributed by atoms with van der Waals surface area (Å²) >= 11 is 1.86. The Kier molecular flexibility index (Phi) is 15.7. The molecule has 0 atom stereocenters. The van der Waals surface area contributed by atoms with Gasteiger partial charge in [-0.15, -0.1) is 11.3 Å². The van der Waals surface area contributed by atoms with Gasteiger partial charge in [-0.25, -0.2) is 0 Å². The van der Waals surface area contributed by atoms with Crippen LogP contribution in [0.5, 0.6) is 0 Å². The van der Waals surface area contributed by atoms with Crippen LogP contribution in [-0.4, -0.2) is 4.57 Å². The average molecular weight is 1490 g/mol. The lowest BCUT2D eigenvalue weighted by Gasteiger charge is -2.34. The highest BCUT2D eigenvalue weighted by molar-refractivity contribution is 7.25. The van der Waals surface area contributed by atoms with Crippen molar-refractivity contribution in [3.8, 4) is 83.6 Å². The van der Waals surface area contributed by atoms with Crippen LogP contribution in [0.15, 0.2) is 431 Å². The summed E-state index contributed by atoms with van der Waals surface area (Å²) < 4.78 is 4.92. The van der Waals surface area contributed by atoms with E-state index in [1.54, 1.807) is 0 Å². The number of rotatable bonds is 12. The van der Waals surface area contributed by atoms with E-state index in [-0.39, 0.29) is 0 Å². The summed E-state index contributed by atoms with van der Waals surface area (Å²) in [5.41, 5.74) is 32.9. The van der Waals surface area contributed by atoms with E-state index in [2.05, 4.69) is 455 Å². The van der Waals surface area contributed by atoms with E-state index in [4.69, 9.17) is 0 Å². The van der Waals surface area contributed by atoms with Crippen LogP contribution in [0.1, 0.15) is 0 Å². The van der Waals surface area contributed by atoms with Gasteiger partial charge in [0.05, 0.1) is 56.5 Å². The molecule has 2 aromatic heterocycles. The Hall–Kier alpha value is -15.1. The fourth-order valence-electron chi connectivity index (χ4n) is 18.5. The van der Waals surface area contributed by atoms with Crippen molar-refractivity contribution in [2.75, 3.05) is 19.6 Å². The number of hydrogen-bond donors (Lipinski definition) is 0. The summed E-state index contributed by atoms with van der Waals surface area (Å²) in [5.74, 6) is 0. The molecule has 19 aromatic carbocycles. The lowest BCUT2D eigenvalue weighted by Crippen LogP contribution is -2.17. The van der Waals surface area contributed by atoms with Crippen molar-refractivity contribution < 1.29 is 0 Å². The number of anilines is 12. The molecule has 0 aliphatic carbocycles. The lowest BCUT2D eigenvalue weighted by atomic mass is 9.91. The predicted molar refractivity (Wildman–Crippen MR) is 493 cm³/mol. The summed E-state index contributed by atoms with van der Waals surface area (Å²) in [5, 5.41) is 9.71. The van der Waals surface area contributed by atoms with Gasteiger partial charge in [-0.05, 0) is 217 Å². The Bertz CT molecular complexity index is 7380. The Balaban J connectivity index is 0.632. The SMILES string of the molecule is c1ccc(-c2ccc(N(c3ccc4c5ccccc5n(-c5ccc(-c6ccc7sc8cc(N(c9ccc(-c%10ccccc%10)cc9)c9ccccc9N9c%10ccccc%10-c%10ccccc%10-c%10c9ccc9ccccc%109)ccc8c7c6)cc5)c4c3)c3ccccc3N3c4ccccc4-c4cc5ccccc5cc4-c4ccccc43)cc2)cc1. The first-order valence-electron chi connectivity index (χ1n) is 39.8. The third kappa shape index (κ3) is 11.0. The van der Waals surface area contributed by atoms with Crippen molar-refractivity contribution in [3.05, 3.63) is 431 Å². The minimum absolute atomic E-state index is 1.04. The van der Waals surface area contributed by atoms with Crippen LogP contribution in [0.25, 0.3) is 147 Å². The van der Waals surface area contributed by atoms with Crippen LogP contribution in [0.3, 0.4) is 0 Å². The number of benzene rings is 19. The monoisotopic (exact) mass is 1490 g/mol. The molecule has 0 saturated carbocycles. The van der Waals surface area contributed by atoms with Crippen LogP contribution in [0.2, 0.25) is 0 Å². The second kappa shape index (κ2) is 27.4. The van der Waals surface area contributed by atoms with E-state index < -0.39 is 0 Å². The summed E-state index contributed by atoms with van der Waals surface area (Å²) in [4.78, 5) is 9.95. The van der Waals surface area contributed by atoms with E-state index in [1.807, 2.05) is 11.3 Å². The van der Waals surface area contributed by atoms with Crippen LogP contribution in [-0.2, 0) is 0 Å². The molecule has 0 saturated heterocycles. The van der Waals surface area contributed by atoms with E-state index in [1.165, 1.54) is 119 Å². The molecular weight excluding hydrogens is 1420 g/mol. The first-order chi connectivity index (χ1) is 57.5. The molecular formula is C110H71N5S. The van der Waals surface area contributed by atoms with Gasteiger partial charge < -0.3 is 24.2 Å². The zero-order chi connectivity index (χ0) is 76.3. The van der Waals surface area contributed by atoms with Gasteiger partial charge in [-0.1, -0.05) is 291 Å². The topological polar surface area (TPSA) is 17.9 Å². The van der Waals surface area contributed by atoms with Crippen molar-refractivity contribution in [2.24, 2.45) is 0 Å². The van der Waals surface area contributed by atoms with Crippen LogP contribution in [0, 0.1) is 0 Å². The number of para-hydroxylation sites is 8. The van der Waals surface area contributed by atoms with Crippen molar-refractivity contribution in [2.45, 2.75) is 0 Å². The number of hydrogen-bond acceptors (Lipinski definition) is 5. The first-order valence-corrected chi connectivity index (χ1v) is 40.6. The Morgan fingerprint density at radius 1 is 0.198 bits per heavy atom. The molecule has 5 nitrogen and oxygen atoms in total. The van der Waals surface area contributed by atoms with Crippen molar-refractivity contribution in [1.29, 1.82) is 0 Å². The second-order valence-electron chi connectivity index (χ2n) is 30.3. The molecule has 116 heavy (non-hydrogen) atoms. The molecule has 0 amide bonds. The molecule has 0 fully saturated rings. The Morgan fingerprint density at radius 3 is 1.21 bits per heavy atom. The largest absolute Gasteiger partial charge is 0.309 e. The standard InChI is InChI=1S/C110H71N5S/c1-3-25-72(26-4-1)74-47-55-81(56-48-74)111(102-43-21-23-45-104(102)114-100-41-19-15-36-90(100)95-67-78-30-7-8-31-79(78)68-96(95)91-37-16-20-42-101(91)114)84-61-63-92-89-35-14-17-39-98(89)113(107(92)70-84)83-59-51-76(52-60-83)80-54-66-108-97(69-80)93-64-62-85(71-109(93)116-108)112(82-57-49-75(50-58-82)73-27-5-2-6-28-73)103-44-22-24-46-105(103)115-99-40-18-13-34-88(99)87-33-11-12-38-94(87)110-86-32-10-9-29-77(86)53-65-106(110)115/h1-71H. The van der Waals surface area contributed by atoms with E-state index in [0.717, 1.165) is 96.1 Å². The van der Waals surface area contributed by atoms with Gasteiger partial charge in [0, 0.05) is 81.6 Å². The molecule has 542 valence electrons. The maximum atomic E-state index is 2.51. The van der Waals surface area contributed by atoms with Crippen LogP contribution in [0.4, 0.5) is 68.2 Å². The van der Waals surface area contributed by atoms with Gasteiger partial charge in [-0.3, -0.25) is 0 Å². The van der Waals surface area contributed by atoms with Gasteiger partial charge in [0.25, 0.3) is 0 Å². The minimum Gasteiger partial charge on any atom is -0.309 e. The molecule has 4 heterocycles. The van der Waals surface area contributed by atoms with Crippen molar-refractivity contribution in [3.63, 3.8) is 0 Å². The van der Waals surface area contributed by atoms with Crippen molar-refractivity contribution in [1.82, 2.24) is 4.57 Å². The smallest absolute Gasteiger partial charge is 0.0702 e. The summed E-state index contributed by atoms with van der Waals surface area (Å²) in [7, 11) is 0. The van der Waals surface area contributed by atoms with E-state index >= 15 is 0 Å². The second-order valence-corrected chi connectivity index (χ2v) is 31.3. The summed E-state index contributed by atoms with van der Waals surface area (Å²) in [6, 6.07) is 160. The highest BCUT2D eigenvalue weighted by Crippen LogP contribution is 2.58. The normalized spacial score (nSPS) is 12.1. The zero-order valence-electron chi connectivity index (χ0n) is 63.1. The summed E-state index contributed by atoms with van der Waals surface area (Å²) in [6.07, 6.45) is 0. The molecule has 23 rings (SSSR count). The third-order valence-corrected chi connectivity index (χ3v) is 24.9. The molecule has 0 N–H and O–H groups in total. The molecule has 0 unspecified atom stereocenters. The average Bonchev–Trinajstić information content (AvgIpc) is 1.55. The van der Waals surface area contributed by atoms with Crippen LogP contribution >= 0.6 is 11.3 Å². The lowest BCUT2D eigenvalue weighted by molar-refractivity contribution is 1.18. The quantitative estimate of drug-likeness (QED) is 0.121. The first kappa shape index (κ1) is 66.7. The van der Waals surface area contributed by atoms with Gasteiger partial charge in [0.15, 0.2) is 0 Å². The Labute approximate surface area is 676 Å². The number of aromatic nitrogens is 1. The molecule has 21 aromatic rings. The fraction of sp³-hybridized carbons (Fsp3) is 0. The highest BCUT2D eigenvalue weighted by atomic mass is 32.1. The van der Waals surface area contributed by atoms with E-state index in [0.29, 0.717) is 0 Å². The highest BCUT2D eigenvalue weighted by Gasteiger charge is 2.33. The fourth-order valence-corrected chi connectivity index (χ4v) is 19.6.